The molecule has 2 saturated carbocycles. The van der Waals surface area contributed by atoms with Crippen LogP contribution in [0.25, 0.3) is 0 Å². The second-order valence-corrected chi connectivity index (χ2v) is 6.00. The maximum absolute atomic E-state index is 5.92. The summed E-state index contributed by atoms with van der Waals surface area (Å²) in [7, 11) is 0. The minimum absolute atomic E-state index is 0.452. The van der Waals surface area contributed by atoms with Crippen molar-refractivity contribution in [1.82, 2.24) is 5.32 Å². The van der Waals surface area contributed by atoms with Gasteiger partial charge in [-0.15, -0.1) is 0 Å². The first-order valence-electron chi connectivity index (χ1n) is 5.44. The SMILES string of the molecule is C=C(Br)COC1C2CC3CNC1C3C2. The maximum atomic E-state index is 5.92. The number of nitrogens with one attached hydrogen (secondary N) is 1. The molecule has 2 aliphatic carbocycles. The van der Waals surface area contributed by atoms with Gasteiger partial charge >= 0.3 is 0 Å². The van der Waals surface area contributed by atoms with Crippen molar-refractivity contribution in [3.63, 3.8) is 0 Å². The summed E-state index contributed by atoms with van der Waals surface area (Å²) in [5, 5.41) is 3.61. The minimum Gasteiger partial charge on any atom is -0.371 e. The predicted octanol–water partition coefficient (Wildman–Crippen LogP) is 1.91. The maximum Gasteiger partial charge on any atom is 0.0780 e. The van der Waals surface area contributed by atoms with Crippen LogP contribution in [0.1, 0.15) is 12.8 Å². The molecular formula is C11H16BrNO. The molecule has 2 nitrogen and oxygen atoms in total. The first-order valence-corrected chi connectivity index (χ1v) is 6.23. The van der Waals surface area contributed by atoms with Gasteiger partial charge in [0, 0.05) is 10.5 Å². The van der Waals surface area contributed by atoms with Crippen LogP contribution in [0.4, 0.5) is 0 Å². The number of ether oxygens (including phenoxy) is 1. The lowest BCUT2D eigenvalue weighted by Crippen LogP contribution is -2.39. The lowest BCUT2D eigenvalue weighted by atomic mass is 9.88. The lowest BCUT2D eigenvalue weighted by molar-refractivity contribution is 0.0177. The van der Waals surface area contributed by atoms with Crippen LogP contribution in [0, 0.1) is 17.8 Å². The highest BCUT2D eigenvalue weighted by atomic mass is 79.9. The standard InChI is InChI=1S/C11H16BrNO/c1-6(12)5-14-11-7-2-8-4-13-10(11)9(8)3-7/h7-11,13H,1-5H2. The molecule has 0 aromatic rings. The molecule has 1 saturated heterocycles. The molecule has 0 aromatic carbocycles. The van der Waals surface area contributed by atoms with Crippen molar-refractivity contribution in [2.45, 2.75) is 25.0 Å². The minimum atomic E-state index is 0.452. The fourth-order valence-electron chi connectivity index (χ4n) is 3.66. The van der Waals surface area contributed by atoms with E-state index in [0.717, 1.165) is 22.2 Å². The normalized spacial score (nSPS) is 48.8. The summed E-state index contributed by atoms with van der Waals surface area (Å²) >= 11 is 3.35. The molecule has 1 heterocycles. The molecular weight excluding hydrogens is 242 g/mol. The first-order chi connectivity index (χ1) is 6.75. The molecule has 78 valence electrons. The Kier molecular flexibility index (Phi) is 2.22. The smallest absolute Gasteiger partial charge is 0.0780 e. The Hall–Kier alpha value is 0.140. The first kappa shape index (κ1) is 9.37. The highest BCUT2D eigenvalue weighted by Crippen LogP contribution is 2.52. The van der Waals surface area contributed by atoms with Gasteiger partial charge in [0.25, 0.3) is 0 Å². The molecule has 0 amide bonds. The molecule has 0 radical (unpaired) electrons. The number of hydrogen-bond acceptors (Lipinski definition) is 2. The molecule has 1 N–H and O–H groups in total. The van der Waals surface area contributed by atoms with E-state index in [1.807, 2.05) is 0 Å². The summed E-state index contributed by atoms with van der Waals surface area (Å²) in [4.78, 5) is 0. The number of rotatable bonds is 3. The van der Waals surface area contributed by atoms with Gasteiger partial charge in [0.2, 0.25) is 0 Å². The fourth-order valence-corrected chi connectivity index (χ4v) is 3.80. The second kappa shape index (κ2) is 3.32. The molecule has 5 unspecified atom stereocenters. The zero-order chi connectivity index (χ0) is 9.71. The molecule has 2 bridgehead atoms. The van der Waals surface area contributed by atoms with Gasteiger partial charge < -0.3 is 10.1 Å². The summed E-state index contributed by atoms with van der Waals surface area (Å²) < 4.78 is 6.87. The van der Waals surface area contributed by atoms with E-state index in [0.29, 0.717) is 18.8 Å². The van der Waals surface area contributed by atoms with Crippen LogP contribution in [-0.4, -0.2) is 25.3 Å². The zero-order valence-corrected chi connectivity index (χ0v) is 9.79. The summed E-state index contributed by atoms with van der Waals surface area (Å²) in [6.07, 6.45) is 3.23. The Labute approximate surface area is 93.2 Å². The van der Waals surface area contributed by atoms with Gasteiger partial charge in [-0.2, -0.15) is 0 Å². The zero-order valence-electron chi connectivity index (χ0n) is 8.21. The van der Waals surface area contributed by atoms with E-state index in [1.54, 1.807) is 0 Å². The van der Waals surface area contributed by atoms with E-state index in [9.17, 15) is 0 Å². The number of hydrogen-bond donors (Lipinski definition) is 1. The van der Waals surface area contributed by atoms with Crippen LogP contribution in [-0.2, 0) is 4.74 Å². The molecule has 5 atom stereocenters. The van der Waals surface area contributed by atoms with E-state index in [1.165, 1.54) is 19.4 Å². The quantitative estimate of drug-likeness (QED) is 0.834. The molecule has 3 fully saturated rings. The van der Waals surface area contributed by atoms with Crippen molar-refractivity contribution >= 4 is 15.9 Å². The van der Waals surface area contributed by atoms with Crippen LogP contribution in [0.5, 0.6) is 0 Å². The van der Waals surface area contributed by atoms with Crippen molar-refractivity contribution in [2.75, 3.05) is 13.2 Å². The van der Waals surface area contributed by atoms with Gasteiger partial charge in [-0.3, -0.25) is 0 Å². The highest BCUT2D eigenvalue weighted by molar-refractivity contribution is 9.11. The Balaban J connectivity index is 1.68. The van der Waals surface area contributed by atoms with Crippen molar-refractivity contribution in [3.05, 3.63) is 11.1 Å². The molecule has 1 aliphatic heterocycles. The Bertz CT molecular complexity index is 266. The predicted molar refractivity (Wildman–Crippen MR) is 59.3 cm³/mol. The third-order valence-corrected chi connectivity index (χ3v) is 4.34. The average molecular weight is 258 g/mol. The van der Waals surface area contributed by atoms with Gasteiger partial charge in [-0.05, 0) is 37.1 Å². The van der Waals surface area contributed by atoms with Gasteiger partial charge in [-0.25, -0.2) is 0 Å². The number of fused-ring (bicyclic) bond motifs is 1. The monoisotopic (exact) mass is 257 g/mol. The molecule has 14 heavy (non-hydrogen) atoms. The highest BCUT2D eigenvalue weighted by Gasteiger charge is 2.56. The molecule has 3 rings (SSSR count). The Morgan fingerprint density at radius 3 is 3.07 bits per heavy atom. The number of halogens is 1. The second-order valence-electron chi connectivity index (χ2n) is 4.88. The third-order valence-electron chi connectivity index (χ3n) is 4.11. The van der Waals surface area contributed by atoms with Gasteiger partial charge in [-0.1, -0.05) is 22.5 Å². The van der Waals surface area contributed by atoms with Crippen LogP contribution in [0.15, 0.2) is 11.1 Å². The van der Waals surface area contributed by atoms with Crippen molar-refractivity contribution in [1.29, 1.82) is 0 Å². The van der Waals surface area contributed by atoms with Crippen LogP contribution < -0.4 is 5.32 Å². The molecule has 3 aliphatic rings. The summed E-state index contributed by atoms with van der Waals surface area (Å²) in [6.45, 7) is 5.70. The van der Waals surface area contributed by atoms with Crippen LogP contribution in [0.3, 0.4) is 0 Å². The third kappa shape index (κ3) is 1.29. The summed E-state index contributed by atoms with van der Waals surface area (Å²) in [5.74, 6) is 2.68. The molecule has 0 aromatic heterocycles. The van der Waals surface area contributed by atoms with E-state index in [-0.39, 0.29) is 0 Å². The topological polar surface area (TPSA) is 21.3 Å². The van der Waals surface area contributed by atoms with Gasteiger partial charge in [0.1, 0.15) is 0 Å². The summed E-state index contributed by atoms with van der Waals surface area (Å²) in [5.41, 5.74) is 0. The van der Waals surface area contributed by atoms with E-state index < -0.39 is 0 Å². The average Bonchev–Trinajstić information content (AvgIpc) is 2.70. The van der Waals surface area contributed by atoms with Crippen molar-refractivity contribution in [3.8, 4) is 0 Å². The molecule has 3 heteroatoms. The van der Waals surface area contributed by atoms with Crippen LogP contribution in [0.2, 0.25) is 0 Å². The van der Waals surface area contributed by atoms with Crippen molar-refractivity contribution < 1.29 is 4.74 Å². The lowest BCUT2D eigenvalue weighted by Gasteiger charge is -2.27. The van der Waals surface area contributed by atoms with E-state index in [2.05, 4.69) is 27.8 Å². The Morgan fingerprint density at radius 1 is 1.43 bits per heavy atom. The van der Waals surface area contributed by atoms with Gasteiger partial charge in [0.15, 0.2) is 0 Å². The van der Waals surface area contributed by atoms with Gasteiger partial charge in [0.05, 0.1) is 12.7 Å². The molecule has 0 spiro atoms. The van der Waals surface area contributed by atoms with Crippen LogP contribution >= 0.6 is 15.9 Å². The largest absolute Gasteiger partial charge is 0.371 e. The fraction of sp³-hybridized carbons (Fsp3) is 0.818. The summed E-state index contributed by atoms with van der Waals surface area (Å²) in [6, 6.07) is 0.644. The van der Waals surface area contributed by atoms with E-state index in [4.69, 9.17) is 4.74 Å². The van der Waals surface area contributed by atoms with E-state index >= 15 is 0 Å². The van der Waals surface area contributed by atoms with Crippen molar-refractivity contribution in [2.24, 2.45) is 17.8 Å². The Morgan fingerprint density at radius 2 is 2.29 bits per heavy atom.